The zero-order valence-corrected chi connectivity index (χ0v) is 11.0. The van der Waals surface area contributed by atoms with Crippen molar-refractivity contribution in [1.29, 1.82) is 0 Å². The highest BCUT2D eigenvalue weighted by molar-refractivity contribution is 7.13. The zero-order valence-electron chi connectivity index (χ0n) is 9.40. The minimum absolute atomic E-state index is 0.575. The molecule has 0 bridgehead atoms. The summed E-state index contributed by atoms with van der Waals surface area (Å²) in [6, 6.07) is 8.60. The van der Waals surface area contributed by atoms with Gasteiger partial charge in [-0.05, 0) is 17.9 Å². The van der Waals surface area contributed by atoms with Crippen LogP contribution < -0.4 is 0 Å². The SMILES string of the molecule is CCC(C)c1ccc(-c2nc(Cl)cs2)cc1. The highest BCUT2D eigenvalue weighted by Crippen LogP contribution is 2.27. The van der Waals surface area contributed by atoms with Gasteiger partial charge in [-0.1, -0.05) is 49.7 Å². The van der Waals surface area contributed by atoms with Gasteiger partial charge in [0.15, 0.2) is 0 Å². The Morgan fingerprint density at radius 1 is 1.31 bits per heavy atom. The minimum Gasteiger partial charge on any atom is -0.224 e. The van der Waals surface area contributed by atoms with Gasteiger partial charge in [-0.2, -0.15) is 0 Å². The van der Waals surface area contributed by atoms with E-state index in [0.29, 0.717) is 11.1 Å². The standard InChI is InChI=1S/C13H14ClNS/c1-3-9(2)10-4-6-11(7-5-10)13-15-12(14)8-16-13/h4-9H,3H2,1-2H3. The highest BCUT2D eigenvalue weighted by Gasteiger charge is 2.05. The molecular formula is C13H14ClNS. The molecule has 1 aromatic heterocycles. The molecule has 0 aliphatic rings. The van der Waals surface area contributed by atoms with Crippen LogP contribution in [0.1, 0.15) is 31.7 Å². The third-order valence-corrected chi connectivity index (χ3v) is 4.03. The Balaban J connectivity index is 2.25. The molecule has 1 heterocycles. The molecule has 2 rings (SSSR count). The molecule has 16 heavy (non-hydrogen) atoms. The van der Waals surface area contributed by atoms with E-state index < -0.39 is 0 Å². The summed E-state index contributed by atoms with van der Waals surface area (Å²) in [4.78, 5) is 4.26. The lowest BCUT2D eigenvalue weighted by atomic mass is 9.98. The van der Waals surface area contributed by atoms with Crippen molar-refractivity contribution in [2.75, 3.05) is 0 Å². The van der Waals surface area contributed by atoms with E-state index in [0.717, 1.165) is 10.6 Å². The van der Waals surface area contributed by atoms with Crippen LogP contribution in [0, 0.1) is 0 Å². The van der Waals surface area contributed by atoms with Crippen LogP contribution in [0.25, 0.3) is 10.6 Å². The van der Waals surface area contributed by atoms with E-state index in [4.69, 9.17) is 11.6 Å². The fourth-order valence-corrected chi connectivity index (χ4v) is 2.53. The van der Waals surface area contributed by atoms with Gasteiger partial charge in [0.25, 0.3) is 0 Å². The molecule has 0 fully saturated rings. The molecule has 0 radical (unpaired) electrons. The molecule has 1 atom stereocenters. The van der Waals surface area contributed by atoms with E-state index in [9.17, 15) is 0 Å². The Morgan fingerprint density at radius 3 is 2.50 bits per heavy atom. The summed E-state index contributed by atoms with van der Waals surface area (Å²) in [5, 5.41) is 3.42. The van der Waals surface area contributed by atoms with Crippen molar-refractivity contribution in [3.8, 4) is 10.6 Å². The maximum Gasteiger partial charge on any atom is 0.140 e. The molecule has 0 aliphatic carbocycles. The molecule has 1 aromatic carbocycles. The summed E-state index contributed by atoms with van der Waals surface area (Å²) in [7, 11) is 0. The van der Waals surface area contributed by atoms with Crippen LogP contribution in [-0.2, 0) is 0 Å². The number of halogens is 1. The van der Waals surface area contributed by atoms with Gasteiger partial charge in [0.1, 0.15) is 10.2 Å². The van der Waals surface area contributed by atoms with Gasteiger partial charge in [0.2, 0.25) is 0 Å². The van der Waals surface area contributed by atoms with Crippen molar-refractivity contribution in [1.82, 2.24) is 4.98 Å². The lowest BCUT2D eigenvalue weighted by Crippen LogP contribution is -1.90. The molecular weight excluding hydrogens is 238 g/mol. The lowest BCUT2D eigenvalue weighted by molar-refractivity contribution is 0.734. The average molecular weight is 252 g/mol. The minimum atomic E-state index is 0.575. The summed E-state index contributed by atoms with van der Waals surface area (Å²) in [6.07, 6.45) is 1.17. The molecule has 0 saturated carbocycles. The Bertz CT molecular complexity index is 461. The third-order valence-electron chi connectivity index (χ3n) is 2.82. The molecule has 0 N–H and O–H groups in total. The maximum absolute atomic E-state index is 5.81. The molecule has 0 amide bonds. The maximum atomic E-state index is 5.81. The normalized spacial score (nSPS) is 12.7. The molecule has 2 aromatic rings. The number of hydrogen-bond donors (Lipinski definition) is 0. The van der Waals surface area contributed by atoms with Gasteiger partial charge >= 0.3 is 0 Å². The van der Waals surface area contributed by atoms with Crippen LogP contribution in [0.2, 0.25) is 5.15 Å². The zero-order chi connectivity index (χ0) is 11.5. The summed E-state index contributed by atoms with van der Waals surface area (Å²) in [6.45, 7) is 4.45. The monoisotopic (exact) mass is 251 g/mol. The van der Waals surface area contributed by atoms with Crippen LogP contribution in [0.15, 0.2) is 29.6 Å². The van der Waals surface area contributed by atoms with E-state index in [1.165, 1.54) is 12.0 Å². The molecule has 0 spiro atoms. The van der Waals surface area contributed by atoms with E-state index in [2.05, 4.69) is 43.1 Å². The van der Waals surface area contributed by atoms with Crippen LogP contribution in [0.5, 0.6) is 0 Å². The molecule has 0 aliphatic heterocycles. The first-order valence-electron chi connectivity index (χ1n) is 5.42. The van der Waals surface area contributed by atoms with Gasteiger partial charge < -0.3 is 0 Å². The predicted octanol–water partition coefficient (Wildman–Crippen LogP) is 4.98. The summed E-state index contributed by atoms with van der Waals surface area (Å²) in [5.41, 5.74) is 2.53. The number of nitrogens with zero attached hydrogens (tertiary/aromatic N) is 1. The molecule has 0 saturated heterocycles. The fourth-order valence-electron chi connectivity index (χ4n) is 1.58. The number of hydrogen-bond acceptors (Lipinski definition) is 2. The Hall–Kier alpha value is -0.860. The summed E-state index contributed by atoms with van der Waals surface area (Å²) >= 11 is 7.39. The van der Waals surface area contributed by atoms with Crippen LogP contribution in [0.3, 0.4) is 0 Å². The second-order valence-corrected chi connectivity index (χ2v) is 5.15. The topological polar surface area (TPSA) is 12.9 Å². The van der Waals surface area contributed by atoms with E-state index in [1.807, 2.05) is 5.38 Å². The van der Waals surface area contributed by atoms with Gasteiger partial charge in [-0.3, -0.25) is 0 Å². The third kappa shape index (κ3) is 2.45. The van der Waals surface area contributed by atoms with Gasteiger partial charge in [0, 0.05) is 10.9 Å². The largest absolute Gasteiger partial charge is 0.224 e. The Kier molecular flexibility index (Phi) is 3.62. The van der Waals surface area contributed by atoms with Gasteiger partial charge in [0.05, 0.1) is 0 Å². The Morgan fingerprint density at radius 2 is 2.00 bits per heavy atom. The van der Waals surface area contributed by atoms with Crippen molar-refractivity contribution in [2.24, 2.45) is 0 Å². The predicted molar refractivity (Wildman–Crippen MR) is 71.3 cm³/mol. The molecule has 3 heteroatoms. The first-order valence-corrected chi connectivity index (χ1v) is 6.68. The van der Waals surface area contributed by atoms with Gasteiger partial charge in [-0.15, -0.1) is 11.3 Å². The lowest BCUT2D eigenvalue weighted by Gasteiger charge is -2.08. The summed E-state index contributed by atoms with van der Waals surface area (Å²) < 4.78 is 0. The Labute approximate surface area is 105 Å². The smallest absolute Gasteiger partial charge is 0.140 e. The van der Waals surface area contributed by atoms with Crippen molar-refractivity contribution in [2.45, 2.75) is 26.2 Å². The number of thiazole rings is 1. The van der Waals surface area contributed by atoms with Crippen LogP contribution >= 0.6 is 22.9 Å². The van der Waals surface area contributed by atoms with Crippen molar-refractivity contribution >= 4 is 22.9 Å². The van der Waals surface area contributed by atoms with E-state index in [1.54, 1.807) is 11.3 Å². The van der Waals surface area contributed by atoms with Crippen molar-refractivity contribution in [3.05, 3.63) is 40.4 Å². The van der Waals surface area contributed by atoms with E-state index in [-0.39, 0.29) is 0 Å². The average Bonchev–Trinajstić information content (AvgIpc) is 2.75. The van der Waals surface area contributed by atoms with Crippen LogP contribution in [-0.4, -0.2) is 4.98 Å². The number of aromatic nitrogens is 1. The second-order valence-electron chi connectivity index (χ2n) is 3.91. The fraction of sp³-hybridized carbons (Fsp3) is 0.308. The quantitative estimate of drug-likeness (QED) is 0.750. The highest BCUT2D eigenvalue weighted by atomic mass is 35.5. The first-order chi connectivity index (χ1) is 7.70. The second kappa shape index (κ2) is 4.98. The van der Waals surface area contributed by atoms with Crippen LogP contribution in [0.4, 0.5) is 0 Å². The first kappa shape index (κ1) is 11.6. The molecule has 1 nitrogen and oxygen atoms in total. The van der Waals surface area contributed by atoms with Crippen molar-refractivity contribution < 1.29 is 0 Å². The molecule has 84 valence electrons. The van der Waals surface area contributed by atoms with Crippen molar-refractivity contribution in [3.63, 3.8) is 0 Å². The summed E-state index contributed by atoms with van der Waals surface area (Å²) in [5.74, 6) is 0.619. The number of rotatable bonds is 3. The number of benzene rings is 1. The van der Waals surface area contributed by atoms with Gasteiger partial charge in [-0.25, -0.2) is 4.98 Å². The van der Waals surface area contributed by atoms with E-state index >= 15 is 0 Å². The molecule has 1 unspecified atom stereocenters.